The number of aliphatic hydroxyl groups excluding tert-OH is 1. The van der Waals surface area contributed by atoms with E-state index in [0.717, 1.165) is 32.1 Å². The van der Waals surface area contributed by atoms with Gasteiger partial charge in [0.15, 0.2) is 0 Å². The Kier molecular flexibility index (Phi) is 5.78. The molecule has 0 aromatic carbocycles. The van der Waals surface area contributed by atoms with Crippen LogP contribution in [0.4, 0.5) is 0 Å². The van der Waals surface area contributed by atoms with E-state index in [2.05, 4.69) is 54.5 Å². The Hall–Kier alpha value is -0.830. The highest BCUT2D eigenvalue weighted by Crippen LogP contribution is 2.75. The molecule has 4 fully saturated rings. The van der Waals surface area contributed by atoms with E-state index in [9.17, 15) is 9.90 Å². The summed E-state index contributed by atoms with van der Waals surface area (Å²) in [6.07, 6.45) is 13.9. The molecule has 0 radical (unpaired) electrons. The van der Waals surface area contributed by atoms with Crippen LogP contribution in [0.15, 0.2) is 11.6 Å². The monoisotopic (exact) mass is 484 g/mol. The van der Waals surface area contributed by atoms with Gasteiger partial charge >= 0.3 is 5.97 Å². The lowest BCUT2D eigenvalue weighted by atomic mass is 9.33. The maximum Gasteiger partial charge on any atom is 0.311 e. The standard InChI is InChI=1S/C32H52O3/c1-9-35-26(34)29(5)17-16-28(4)18-19-31(7)21(22(28)20-29)10-11-24-30(6)14-13-25(33)27(2,3)23(30)12-15-32(24,31)8/h10,22-25,33H,9,11-20H2,1-8H3/t22-,23?,24?,25-,28+,29-,30-,31+,32+/m0/s1. The molecule has 0 aromatic heterocycles. The van der Waals surface area contributed by atoms with Crippen LogP contribution in [0.5, 0.6) is 0 Å². The lowest BCUT2D eigenvalue weighted by molar-refractivity contribution is -0.203. The lowest BCUT2D eigenvalue weighted by Crippen LogP contribution is -2.64. The first-order chi connectivity index (χ1) is 16.2. The minimum atomic E-state index is -0.357. The molecule has 5 aliphatic rings. The van der Waals surface area contributed by atoms with Crippen molar-refractivity contribution in [2.24, 2.45) is 50.2 Å². The second-order valence-electron chi connectivity index (χ2n) is 15.4. The third kappa shape index (κ3) is 3.28. The van der Waals surface area contributed by atoms with Gasteiger partial charge < -0.3 is 9.84 Å². The highest BCUT2D eigenvalue weighted by atomic mass is 16.5. The minimum absolute atomic E-state index is 0.00478. The minimum Gasteiger partial charge on any atom is -0.466 e. The molecule has 3 nitrogen and oxygen atoms in total. The van der Waals surface area contributed by atoms with Gasteiger partial charge in [0.05, 0.1) is 18.1 Å². The van der Waals surface area contributed by atoms with Crippen LogP contribution in [-0.4, -0.2) is 23.8 Å². The summed E-state index contributed by atoms with van der Waals surface area (Å²) in [6, 6.07) is 0. The number of allylic oxidation sites excluding steroid dienone is 2. The normalized spacial score (nSPS) is 52.8. The molecule has 5 rings (SSSR count). The summed E-state index contributed by atoms with van der Waals surface area (Å²) in [5.74, 6) is 1.76. The van der Waals surface area contributed by atoms with Gasteiger partial charge in [0.25, 0.3) is 0 Å². The van der Waals surface area contributed by atoms with Crippen LogP contribution in [0.2, 0.25) is 0 Å². The molecular weight excluding hydrogens is 432 g/mol. The van der Waals surface area contributed by atoms with Gasteiger partial charge in [-0.05, 0) is 123 Å². The van der Waals surface area contributed by atoms with E-state index >= 15 is 0 Å². The lowest BCUT2D eigenvalue weighted by Gasteiger charge is -2.71. The van der Waals surface area contributed by atoms with Crippen molar-refractivity contribution in [1.29, 1.82) is 0 Å². The van der Waals surface area contributed by atoms with E-state index in [4.69, 9.17) is 4.74 Å². The highest BCUT2D eigenvalue weighted by molar-refractivity contribution is 5.76. The first-order valence-corrected chi connectivity index (χ1v) is 14.7. The molecule has 1 N–H and O–H groups in total. The van der Waals surface area contributed by atoms with Crippen LogP contribution in [0.25, 0.3) is 0 Å². The van der Waals surface area contributed by atoms with Crippen molar-refractivity contribution in [2.75, 3.05) is 6.61 Å². The van der Waals surface area contributed by atoms with E-state index < -0.39 is 0 Å². The van der Waals surface area contributed by atoms with E-state index in [1.165, 1.54) is 32.1 Å². The maximum atomic E-state index is 13.1. The van der Waals surface area contributed by atoms with Crippen molar-refractivity contribution in [3.05, 3.63) is 11.6 Å². The van der Waals surface area contributed by atoms with Crippen LogP contribution < -0.4 is 0 Å². The zero-order chi connectivity index (χ0) is 25.7. The summed E-state index contributed by atoms with van der Waals surface area (Å²) in [5, 5.41) is 10.9. The number of fused-ring (bicyclic) bond motifs is 7. The average Bonchev–Trinajstić information content (AvgIpc) is 2.78. The first-order valence-electron chi connectivity index (χ1n) is 14.7. The van der Waals surface area contributed by atoms with Crippen molar-refractivity contribution in [2.45, 2.75) is 126 Å². The Morgan fingerprint density at radius 3 is 2.31 bits per heavy atom. The van der Waals surface area contributed by atoms with Crippen molar-refractivity contribution < 1.29 is 14.6 Å². The summed E-state index contributed by atoms with van der Waals surface area (Å²) >= 11 is 0. The third-order valence-electron chi connectivity index (χ3n) is 13.6. The zero-order valence-corrected chi connectivity index (χ0v) is 23.9. The number of rotatable bonds is 2. The van der Waals surface area contributed by atoms with Crippen LogP contribution in [0, 0.1) is 50.2 Å². The maximum absolute atomic E-state index is 13.1. The Balaban J connectivity index is 1.54. The Labute approximate surface area is 214 Å². The van der Waals surface area contributed by atoms with Crippen LogP contribution in [0.3, 0.4) is 0 Å². The molecule has 4 saturated carbocycles. The molecule has 5 aliphatic carbocycles. The van der Waals surface area contributed by atoms with Gasteiger partial charge in [-0.2, -0.15) is 0 Å². The number of hydrogen-bond donors (Lipinski definition) is 1. The van der Waals surface area contributed by atoms with E-state index in [1.807, 2.05) is 6.92 Å². The summed E-state index contributed by atoms with van der Waals surface area (Å²) in [6.45, 7) is 19.6. The van der Waals surface area contributed by atoms with Crippen molar-refractivity contribution >= 4 is 5.97 Å². The van der Waals surface area contributed by atoms with E-state index in [-0.39, 0.29) is 39.1 Å². The molecular formula is C32H52O3. The van der Waals surface area contributed by atoms with Crippen LogP contribution >= 0.6 is 0 Å². The Morgan fingerprint density at radius 1 is 0.943 bits per heavy atom. The number of ether oxygens (including phenoxy) is 1. The topological polar surface area (TPSA) is 46.5 Å². The molecule has 0 aliphatic heterocycles. The summed E-state index contributed by atoms with van der Waals surface area (Å²) in [7, 11) is 0. The van der Waals surface area contributed by atoms with Gasteiger partial charge in [0.2, 0.25) is 0 Å². The quantitative estimate of drug-likeness (QED) is 0.322. The smallest absolute Gasteiger partial charge is 0.311 e. The predicted molar refractivity (Wildman–Crippen MR) is 142 cm³/mol. The Morgan fingerprint density at radius 2 is 1.63 bits per heavy atom. The van der Waals surface area contributed by atoms with Gasteiger partial charge in [0, 0.05) is 0 Å². The Bertz CT molecular complexity index is 920. The second kappa shape index (κ2) is 7.84. The molecule has 0 amide bonds. The largest absolute Gasteiger partial charge is 0.466 e. The molecule has 35 heavy (non-hydrogen) atoms. The third-order valence-corrected chi connectivity index (χ3v) is 13.6. The first kappa shape index (κ1) is 25.8. The van der Waals surface area contributed by atoms with Crippen molar-refractivity contribution in [1.82, 2.24) is 0 Å². The molecule has 0 spiro atoms. The van der Waals surface area contributed by atoms with E-state index in [0.29, 0.717) is 29.8 Å². The number of aliphatic hydroxyl groups is 1. The molecule has 0 heterocycles. The molecule has 198 valence electrons. The summed E-state index contributed by atoms with van der Waals surface area (Å²) < 4.78 is 5.59. The molecule has 0 aromatic rings. The van der Waals surface area contributed by atoms with Gasteiger partial charge in [-0.3, -0.25) is 4.79 Å². The fraction of sp³-hybridized carbons (Fsp3) is 0.906. The van der Waals surface area contributed by atoms with Crippen LogP contribution in [-0.2, 0) is 9.53 Å². The zero-order valence-electron chi connectivity index (χ0n) is 23.9. The number of carbonyl (C=O) groups is 1. The van der Waals surface area contributed by atoms with Crippen molar-refractivity contribution in [3.8, 4) is 0 Å². The van der Waals surface area contributed by atoms with Gasteiger partial charge in [0.1, 0.15) is 0 Å². The number of carbonyl (C=O) groups excluding carboxylic acids is 1. The van der Waals surface area contributed by atoms with Gasteiger partial charge in [-0.15, -0.1) is 0 Å². The van der Waals surface area contributed by atoms with Crippen molar-refractivity contribution in [3.63, 3.8) is 0 Å². The van der Waals surface area contributed by atoms with Gasteiger partial charge in [-0.1, -0.05) is 53.2 Å². The molecule has 9 atom stereocenters. The predicted octanol–water partition coefficient (Wildman–Crippen LogP) is 7.71. The fourth-order valence-corrected chi connectivity index (χ4v) is 10.8. The summed E-state index contributed by atoms with van der Waals surface area (Å²) in [4.78, 5) is 13.1. The SMILES string of the molecule is CCOC(=O)[C@@]1(C)CC[C@]2(C)CC[C@]3(C)C(=CCC4[C@@]5(C)CC[C@H](O)C(C)(C)C5CC[C@]43C)[C@@H]2C1. The fourth-order valence-electron chi connectivity index (χ4n) is 10.8. The second-order valence-corrected chi connectivity index (χ2v) is 15.4. The number of esters is 1. The highest BCUT2D eigenvalue weighted by Gasteiger charge is 2.68. The molecule has 0 saturated heterocycles. The molecule has 0 bridgehead atoms. The van der Waals surface area contributed by atoms with Gasteiger partial charge in [-0.25, -0.2) is 0 Å². The van der Waals surface area contributed by atoms with Crippen LogP contribution in [0.1, 0.15) is 120 Å². The molecule has 2 unspecified atom stereocenters. The average molecular weight is 485 g/mol. The number of hydrogen-bond acceptors (Lipinski definition) is 3. The van der Waals surface area contributed by atoms with E-state index in [1.54, 1.807) is 5.57 Å². The summed E-state index contributed by atoms with van der Waals surface area (Å²) in [5.41, 5.74) is 2.39. The molecule has 3 heteroatoms.